The Morgan fingerprint density at radius 2 is 2.06 bits per heavy atom. The van der Waals surface area contributed by atoms with E-state index in [4.69, 9.17) is 5.11 Å². The third kappa shape index (κ3) is 2.40. The Hall–Kier alpha value is -1.59. The molecule has 2 heterocycles. The molecule has 0 spiro atoms. The maximum absolute atomic E-state index is 12.1. The van der Waals surface area contributed by atoms with Crippen molar-refractivity contribution in [3.05, 3.63) is 0 Å². The van der Waals surface area contributed by atoms with E-state index in [2.05, 4.69) is 5.32 Å². The summed E-state index contributed by atoms with van der Waals surface area (Å²) in [6, 6.07) is -1.25. The summed E-state index contributed by atoms with van der Waals surface area (Å²) in [4.78, 5) is 35.6. The van der Waals surface area contributed by atoms with Crippen LogP contribution >= 0.6 is 0 Å². The lowest BCUT2D eigenvalue weighted by Gasteiger charge is -2.34. The molecule has 2 rings (SSSR count). The van der Waals surface area contributed by atoms with Gasteiger partial charge in [-0.15, -0.1) is 0 Å². The first-order valence-electron chi connectivity index (χ1n) is 5.92. The first-order valence-corrected chi connectivity index (χ1v) is 5.92. The quantitative estimate of drug-likeness (QED) is 0.695. The van der Waals surface area contributed by atoms with Crippen LogP contribution in [-0.2, 0) is 14.4 Å². The molecule has 2 aliphatic rings. The van der Waals surface area contributed by atoms with Crippen LogP contribution in [0.15, 0.2) is 0 Å². The Labute approximate surface area is 99.0 Å². The van der Waals surface area contributed by atoms with Gasteiger partial charge in [-0.25, -0.2) is 4.79 Å². The van der Waals surface area contributed by atoms with Crippen molar-refractivity contribution in [3.63, 3.8) is 0 Å². The molecule has 0 aromatic heterocycles. The molecule has 6 nitrogen and oxygen atoms in total. The summed E-state index contributed by atoms with van der Waals surface area (Å²) in [7, 11) is 0. The normalized spacial score (nSPS) is 28.9. The van der Waals surface area contributed by atoms with E-state index in [0.717, 1.165) is 12.8 Å². The van der Waals surface area contributed by atoms with Gasteiger partial charge < -0.3 is 15.3 Å². The third-order valence-electron chi connectivity index (χ3n) is 3.36. The molecule has 0 saturated carbocycles. The van der Waals surface area contributed by atoms with Gasteiger partial charge in [0.1, 0.15) is 12.1 Å². The van der Waals surface area contributed by atoms with Gasteiger partial charge in [0.05, 0.1) is 0 Å². The maximum atomic E-state index is 12.1. The summed E-state index contributed by atoms with van der Waals surface area (Å²) >= 11 is 0. The number of carboxylic acids is 1. The lowest BCUT2D eigenvalue weighted by Crippen LogP contribution is -2.53. The molecule has 0 bridgehead atoms. The molecule has 0 aromatic rings. The topological polar surface area (TPSA) is 86.7 Å². The van der Waals surface area contributed by atoms with Gasteiger partial charge in [0.15, 0.2) is 0 Å². The molecule has 17 heavy (non-hydrogen) atoms. The van der Waals surface area contributed by atoms with Gasteiger partial charge in [0.2, 0.25) is 11.8 Å². The Morgan fingerprint density at radius 3 is 2.65 bits per heavy atom. The second-order valence-corrected chi connectivity index (χ2v) is 4.54. The number of nitrogens with one attached hydrogen (secondary N) is 1. The van der Waals surface area contributed by atoms with Crippen LogP contribution in [0, 0.1) is 0 Å². The maximum Gasteiger partial charge on any atom is 0.326 e. The molecule has 2 fully saturated rings. The lowest BCUT2D eigenvalue weighted by atomic mass is 10.0. The van der Waals surface area contributed by atoms with Crippen LogP contribution in [0.3, 0.4) is 0 Å². The zero-order valence-corrected chi connectivity index (χ0v) is 9.52. The second-order valence-electron chi connectivity index (χ2n) is 4.54. The fraction of sp³-hybridized carbons (Fsp3) is 0.727. The molecule has 2 N–H and O–H groups in total. The number of aliphatic carboxylic acids is 1. The van der Waals surface area contributed by atoms with E-state index < -0.39 is 18.1 Å². The zero-order valence-electron chi connectivity index (χ0n) is 9.52. The Balaban J connectivity index is 2.06. The van der Waals surface area contributed by atoms with Crippen molar-refractivity contribution in [2.24, 2.45) is 0 Å². The van der Waals surface area contributed by atoms with Gasteiger partial charge in [-0.3, -0.25) is 9.59 Å². The first-order chi connectivity index (χ1) is 8.09. The Kier molecular flexibility index (Phi) is 3.31. The highest BCUT2D eigenvalue weighted by atomic mass is 16.4. The highest BCUT2D eigenvalue weighted by Gasteiger charge is 2.37. The monoisotopic (exact) mass is 240 g/mol. The van der Waals surface area contributed by atoms with Crippen molar-refractivity contribution in [3.8, 4) is 0 Å². The molecular formula is C11H16N2O4. The average Bonchev–Trinajstić information content (AvgIpc) is 2.75. The van der Waals surface area contributed by atoms with E-state index in [0.29, 0.717) is 25.8 Å². The van der Waals surface area contributed by atoms with Crippen molar-refractivity contribution in [2.75, 3.05) is 6.54 Å². The lowest BCUT2D eigenvalue weighted by molar-refractivity contribution is -0.152. The van der Waals surface area contributed by atoms with Gasteiger partial charge in [-0.2, -0.15) is 0 Å². The number of likely N-dealkylation sites (tertiary alicyclic amines) is 1. The molecule has 2 saturated heterocycles. The van der Waals surface area contributed by atoms with Crippen LogP contribution in [0.25, 0.3) is 0 Å². The van der Waals surface area contributed by atoms with Crippen LogP contribution in [0.1, 0.15) is 32.1 Å². The summed E-state index contributed by atoms with van der Waals surface area (Å²) in [6.45, 7) is 0.474. The predicted octanol–water partition coefficient (Wildman–Crippen LogP) is -0.269. The number of hydrogen-bond donors (Lipinski definition) is 2. The van der Waals surface area contributed by atoms with E-state index in [1.54, 1.807) is 0 Å². The van der Waals surface area contributed by atoms with Crippen molar-refractivity contribution >= 4 is 17.8 Å². The summed E-state index contributed by atoms with van der Waals surface area (Å²) in [5.41, 5.74) is 0. The molecule has 0 unspecified atom stereocenters. The van der Waals surface area contributed by atoms with Crippen molar-refractivity contribution in [1.82, 2.24) is 10.2 Å². The molecule has 0 aromatic carbocycles. The summed E-state index contributed by atoms with van der Waals surface area (Å²) < 4.78 is 0. The summed E-state index contributed by atoms with van der Waals surface area (Å²) in [6.07, 6.45) is 2.98. The molecule has 2 aliphatic heterocycles. The highest BCUT2D eigenvalue weighted by Crippen LogP contribution is 2.20. The van der Waals surface area contributed by atoms with Crippen molar-refractivity contribution in [1.29, 1.82) is 0 Å². The second kappa shape index (κ2) is 4.73. The number of rotatable bonds is 2. The number of carboxylic acid groups (broad SMARTS) is 1. The van der Waals surface area contributed by atoms with Gasteiger partial charge >= 0.3 is 5.97 Å². The number of carbonyl (C=O) groups excluding carboxylic acids is 2. The van der Waals surface area contributed by atoms with E-state index in [-0.39, 0.29) is 11.8 Å². The molecule has 94 valence electrons. The van der Waals surface area contributed by atoms with Crippen LogP contribution in [0.2, 0.25) is 0 Å². The Bertz CT molecular complexity index is 355. The summed E-state index contributed by atoms with van der Waals surface area (Å²) in [5, 5.41) is 11.7. The first kappa shape index (κ1) is 11.9. The smallest absolute Gasteiger partial charge is 0.326 e. The molecule has 2 atom stereocenters. The van der Waals surface area contributed by atoms with E-state index in [1.807, 2.05) is 0 Å². The largest absolute Gasteiger partial charge is 0.480 e. The molecular weight excluding hydrogens is 224 g/mol. The van der Waals surface area contributed by atoms with Gasteiger partial charge in [0, 0.05) is 13.0 Å². The van der Waals surface area contributed by atoms with Crippen molar-refractivity contribution in [2.45, 2.75) is 44.2 Å². The molecule has 6 heteroatoms. The standard InChI is InChI=1S/C11H16N2O4/c14-9-5-4-7(12-9)10(15)13-6-2-1-3-8(13)11(16)17/h7-8H,1-6H2,(H,12,14)(H,16,17)/t7-,8+/m0/s1. The van der Waals surface area contributed by atoms with Crippen LogP contribution in [0.5, 0.6) is 0 Å². The zero-order chi connectivity index (χ0) is 12.4. The van der Waals surface area contributed by atoms with Crippen LogP contribution in [-0.4, -0.2) is 46.4 Å². The fourth-order valence-electron chi connectivity index (χ4n) is 2.45. The third-order valence-corrected chi connectivity index (χ3v) is 3.36. The van der Waals surface area contributed by atoms with E-state index >= 15 is 0 Å². The van der Waals surface area contributed by atoms with Gasteiger partial charge in [-0.1, -0.05) is 0 Å². The highest BCUT2D eigenvalue weighted by molar-refractivity contribution is 5.93. The van der Waals surface area contributed by atoms with Crippen LogP contribution in [0.4, 0.5) is 0 Å². The predicted molar refractivity (Wildman–Crippen MR) is 58.2 cm³/mol. The van der Waals surface area contributed by atoms with Gasteiger partial charge in [-0.05, 0) is 25.7 Å². The summed E-state index contributed by atoms with van der Waals surface area (Å²) in [5.74, 6) is -1.34. The number of hydrogen-bond acceptors (Lipinski definition) is 3. The number of nitrogens with zero attached hydrogens (tertiary/aromatic N) is 1. The minimum Gasteiger partial charge on any atom is -0.480 e. The number of piperidine rings is 1. The van der Waals surface area contributed by atoms with E-state index in [1.165, 1.54) is 4.90 Å². The van der Waals surface area contributed by atoms with Crippen molar-refractivity contribution < 1.29 is 19.5 Å². The number of carbonyl (C=O) groups is 3. The Morgan fingerprint density at radius 1 is 1.29 bits per heavy atom. The van der Waals surface area contributed by atoms with E-state index in [9.17, 15) is 14.4 Å². The molecule has 0 radical (unpaired) electrons. The minimum absolute atomic E-state index is 0.132. The average molecular weight is 240 g/mol. The number of amides is 2. The molecule has 0 aliphatic carbocycles. The fourth-order valence-corrected chi connectivity index (χ4v) is 2.45. The van der Waals surface area contributed by atoms with Gasteiger partial charge in [0.25, 0.3) is 0 Å². The molecule has 2 amide bonds. The SMILES string of the molecule is O=C1CC[C@@H](C(=O)N2CCCC[C@@H]2C(=O)O)N1. The van der Waals surface area contributed by atoms with Crippen LogP contribution < -0.4 is 5.32 Å². The minimum atomic E-state index is -0.956.